The van der Waals surface area contributed by atoms with E-state index in [1.807, 2.05) is 13.0 Å². The number of hydrogen-bond donors (Lipinski definition) is 0. The van der Waals surface area contributed by atoms with Gasteiger partial charge in [0.15, 0.2) is 0 Å². The van der Waals surface area contributed by atoms with Gasteiger partial charge in [-0.05, 0) is 42.8 Å². The van der Waals surface area contributed by atoms with E-state index >= 15 is 0 Å². The van der Waals surface area contributed by atoms with Gasteiger partial charge in [-0.2, -0.15) is 5.26 Å². The van der Waals surface area contributed by atoms with Crippen molar-refractivity contribution in [3.05, 3.63) is 58.7 Å². The summed E-state index contributed by atoms with van der Waals surface area (Å²) in [5, 5.41) is 8.90. The molecule has 108 valence electrons. The molecule has 0 radical (unpaired) electrons. The first-order valence-corrected chi connectivity index (χ1v) is 6.72. The normalized spacial score (nSPS) is 9.86. The van der Waals surface area contributed by atoms with Crippen molar-refractivity contribution in [2.45, 2.75) is 6.92 Å². The van der Waals surface area contributed by atoms with E-state index in [2.05, 4.69) is 0 Å². The minimum atomic E-state index is -0.586. The highest BCUT2D eigenvalue weighted by molar-refractivity contribution is 6.49. The summed E-state index contributed by atoms with van der Waals surface area (Å²) in [5.41, 5.74) is 2.56. The predicted octanol–water partition coefficient (Wildman–Crippen LogP) is 1.20. The number of hydrogen-bond acceptors (Lipinski definition) is 4. The second-order valence-corrected chi connectivity index (χ2v) is 4.98. The molecule has 5 heteroatoms. The van der Waals surface area contributed by atoms with Crippen molar-refractivity contribution in [1.29, 1.82) is 5.26 Å². The SMILES string of the molecule is Bc1cc(C(=O)C(=O)c2ccc(OC)c(C)c2)ccc1C#N. The second kappa shape index (κ2) is 6.27. The average molecular weight is 291 g/mol. The summed E-state index contributed by atoms with van der Waals surface area (Å²) < 4.78 is 5.14. The van der Waals surface area contributed by atoms with Crippen LogP contribution < -0.4 is 10.2 Å². The maximum absolute atomic E-state index is 12.3. The van der Waals surface area contributed by atoms with Crippen LogP contribution in [0.1, 0.15) is 31.8 Å². The Labute approximate surface area is 129 Å². The van der Waals surface area contributed by atoms with E-state index < -0.39 is 11.6 Å². The van der Waals surface area contributed by atoms with Gasteiger partial charge in [-0.25, -0.2) is 0 Å². The van der Waals surface area contributed by atoms with Crippen LogP contribution in [0, 0.1) is 18.3 Å². The summed E-state index contributed by atoms with van der Waals surface area (Å²) in [6.07, 6.45) is 0. The monoisotopic (exact) mass is 291 g/mol. The van der Waals surface area contributed by atoms with Gasteiger partial charge in [-0.1, -0.05) is 11.5 Å². The summed E-state index contributed by atoms with van der Waals surface area (Å²) in [6.45, 7) is 1.81. The first-order valence-electron chi connectivity index (χ1n) is 6.72. The molecule has 0 fully saturated rings. The Kier molecular flexibility index (Phi) is 4.43. The lowest BCUT2D eigenvalue weighted by Gasteiger charge is -2.07. The van der Waals surface area contributed by atoms with Crippen molar-refractivity contribution in [3.63, 3.8) is 0 Å². The van der Waals surface area contributed by atoms with Crippen LogP contribution in [0.4, 0.5) is 0 Å². The van der Waals surface area contributed by atoms with Gasteiger partial charge in [0, 0.05) is 16.7 Å². The fourth-order valence-corrected chi connectivity index (χ4v) is 2.21. The number of methoxy groups -OCH3 is 1. The molecule has 22 heavy (non-hydrogen) atoms. The van der Waals surface area contributed by atoms with E-state index in [0.29, 0.717) is 22.3 Å². The van der Waals surface area contributed by atoms with Crippen LogP contribution in [0.2, 0.25) is 0 Å². The molecular weight excluding hydrogens is 277 g/mol. The van der Waals surface area contributed by atoms with E-state index in [1.165, 1.54) is 6.07 Å². The number of ether oxygens (including phenoxy) is 1. The molecule has 0 aliphatic carbocycles. The lowest BCUT2D eigenvalue weighted by Crippen LogP contribution is -2.18. The maximum atomic E-state index is 12.3. The highest BCUT2D eigenvalue weighted by Gasteiger charge is 2.19. The third-order valence-electron chi connectivity index (χ3n) is 3.47. The van der Waals surface area contributed by atoms with Crippen molar-refractivity contribution < 1.29 is 14.3 Å². The predicted molar refractivity (Wildman–Crippen MR) is 85.7 cm³/mol. The van der Waals surface area contributed by atoms with Gasteiger partial charge < -0.3 is 4.74 Å². The van der Waals surface area contributed by atoms with E-state index in [-0.39, 0.29) is 5.56 Å². The van der Waals surface area contributed by atoms with Gasteiger partial charge in [0.2, 0.25) is 11.6 Å². The molecule has 0 atom stereocenters. The Morgan fingerprint density at radius 1 is 1.09 bits per heavy atom. The molecule has 2 aromatic carbocycles. The number of Topliss-reactive ketones (excluding diaryl/α,β-unsaturated/α-hetero) is 2. The van der Waals surface area contributed by atoms with Crippen LogP contribution >= 0.6 is 0 Å². The Hall–Kier alpha value is -2.87. The van der Waals surface area contributed by atoms with Crippen molar-refractivity contribution in [3.8, 4) is 11.8 Å². The molecule has 0 amide bonds. The van der Waals surface area contributed by atoms with Gasteiger partial charge in [0.1, 0.15) is 13.6 Å². The number of aryl methyl sites for hydroxylation is 1. The molecular formula is C17H14BNO3. The molecule has 0 N–H and O–H groups in total. The average Bonchev–Trinajstić information content (AvgIpc) is 2.53. The molecule has 0 aromatic heterocycles. The van der Waals surface area contributed by atoms with Gasteiger partial charge in [-0.15, -0.1) is 0 Å². The third kappa shape index (κ3) is 2.91. The van der Waals surface area contributed by atoms with E-state index in [0.717, 1.165) is 5.56 Å². The zero-order valence-electron chi connectivity index (χ0n) is 12.6. The summed E-state index contributed by atoms with van der Waals surface area (Å²) >= 11 is 0. The van der Waals surface area contributed by atoms with Crippen LogP contribution in [0.5, 0.6) is 5.75 Å². The highest BCUT2D eigenvalue weighted by Crippen LogP contribution is 2.19. The van der Waals surface area contributed by atoms with Gasteiger partial charge in [-0.3, -0.25) is 9.59 Å². The van der Waals surface area contributed by atoms with Gasteiger partial charge in [0.05, 0.1) is 13.2 Å². The van der Waals surface area contributed by atoms with Crippen molar-refractivity contribution in [1.82, 2.24) is 0 Å². The molecule has 0 spiro atoms. The van der Waals surface area contributed by atoms with E-state index in [9.17, 15) is 9.59 Å². The number of rotatable bonds is 4. The molecule has 2 aromatic rings. The Morgan fingerprint density at radius 3 is 2.18 bits per heavy atom. The standard InChI is InChI=1S/C17H14BNO3/c1-10-7-11(5-6-15(10)22-2)16(20)17(21)12-3-4-13(9-19)14(18)8-12/h3-8H,18H2,1-2H3. The zero-order valence-corrected chi connectivity index (χ0v) is 12.6. The minimum absolute atomic E-state index is 0.287. The summed E-state index contributed by atoms with van der Waals surface area (Å²) in [4.78, 5) is 24.6. The number of carbonyl (C=O) groups is 2. The van der Waals surface area contributed by atoms with E-state index in [1.54, 1.807) is 45.3 Å². The van der Waals surface area contributed by atoms with Crippen LogP contribution in [0.15, 0.2) is 36.4 Å². The molecule has 0 saturated heterocycles. The Bertz CT molecular complexity index is 806. The van der Waals surface area contributed by atoms with E-state index in [4.69, 9.17) is 10.00 Å². The summed E-state index contributed by atoms with van der Waals surface area (Å²) in [6, 6.07) is 11.5. The Balaban J connectivity index is 2.33. The molecule has 0 saturated carbocycles. The lowest BCUT2D eigenvalue weighted by atomic mass is 9.87. The van der Waals surface area contributed by atoms with Crippen LogP contribution in [-0.4, -0.2) is 26.5 Å². The number of carbonyl (C=O) groups excluding carboxylic acids is 2. The van der Waals surface area contributed by atoms with Gasteiger partial charge in [0.25, 0.3) is 0 Å². The number of nitriles is 1. The molecule has 4 nitrogen and oxygen atoms in total. The van der Waals surface area contributed by atoms with Crippen molar-refractivity contribution in [2.75, 3.05) is 7.11 Å². The largest absolute Gasteiger partial charge is 0.496 e. The molecule has 0 aliphatic heterocycles. The lowest BCUT2D eigenvalue weighted by molar-refractivity contribution is 0.0817. The van der Waals surface area contributed by atoms with Crippen LogP contribution in [0.3, 0.4) is 0 Å². The topological polar surface area (TPSA) is 67.2 Å². The number of ketones is 2. The fourth-order valence-electron chi connectivity index (χ4n) is 2.21. The van der Waals surface area contributed by atoms with Gasteiger partial charge >= 0.3 is 0 Å². The maximum Gasteiger partial charge on any atom is 0.233 e. The summed E-state index contributed by atoms with van der Waals surface area (Å²) in [7, 11) is 3.28. The minimum Gasteiger partial charge on any atom is -0.496 e. The number of benzene rings is 2. The Morgan fingerprint density at radius 2 is 1.68 bits per heavy atom. The first-order chi connectivity index (χ1) is 10.5. The van der Waals surface area contributed by atoms with Crippen LogP contribution in [-0.2, 0) is 0 Å². The zero-order chi connectivity index (χ0) is 16.3. The molecule has 0 unspecified atom stereocenters. The quantitative estimate of drug-likeness (QED) is 0.482. The number of nitrogens with zero attached hydrogens (tertiary/aromatic N) is 1. The molecule has 2 rings (SSSR count). The highest BCUT2D eigenvalue weighted by atomic mass is 16.5. The van der Waals surface area contributed by atoms with Crippen molar-refractivity contribution >= 4 is 24.9 Å². The summed E-state index contributed by atoms with van der Waals surface area (Å²) in [5.74, 6) is -0.495. The third-order valence-corrected chi connectivity index (χ3v) is 3.47. The second-order valence-electron chi connectivity index (χ2n) is 4.98. The molecule has 0 aliphatic rings. The smallest absolute Gasteiger partial charge is 0.233 e. The van der Waals surface area contributed by atoms with Crippen molar-refractivity contribution in [2.24, 2.45) is 0 Å². The molecule has 0 heterocycles. The van der Waals surface area contributed by atoms with Crippen LogP contribution in [0.25, 0.3) is 0 Å². The first kappa shape index (κ1) is 15.5. The molecule has 0 bridgehead atoms. The fraction of sp³-hybridized carbons (Fsp3) is 0.118.